The van der Waals surface area contributed by atoms with Gasteiger partial charge < -0.3 is 39.9 Å². The molecule has 3 aliphatic heterocycles. The molecule has 5 heterocycles. The Morgan fingerprint density at radius 1 is 0.741 bits per heavy atom. The molecule has 5 atom stereocenters. The number of nitrogens with one attached hydrogen (secondary N) is 4. The first-order chi connectivity index (χ1) is 26.1. The fourth-order valence-corrected chi connectivity index (χ4v) is 8.15. The van der Waals surface area contributed by atoms with E-state index in [1.165, 1.54) is 14.2 Å². The first-order valence-electron chi connectivity index (χ1n) is 18.8. The Bertz CT molecular complexity index is 1970. The fraction of sp³-hybridized carbons (Fsp3) is 0.450. The lowest BCUT2D eigenvalue weighted by Crippen LogP contribution is -2.51. The second-order valence-corrected chi connectivity index (χ2v) is 14.7. The maximum atomic E-state index is 13.6. The molecule has 0 aliphatic carbocycles. The number of likely N-dealkylation sites (tertiary alicyclic amines) is 1. The summed E-state index contributed by atoms with van der Waals surface area (Å²) in [5.41, 5.74) is 5.83. The largest absolute Gasteiger partial charge is 0.453 e. The third-order valence-corrected chi connectivity index (χ3v) is 11.0. The monoisotopic (exact) mass is 736 g/mol. The van der Waals surface area contributed by atoms with E-state index in [-0.39, 0.29) is 35.9 Å². The molecule has 3 aliphatic rings. The number of methoxy groups -OCH3 is 2. The number of carbonyl (C=O) groups excluding carboxylic acids is 4. The summed E-state index contributed by atoms with van der Waals surface area (Å²) >= 11 is 0. The number of H-pyrrole nitrogens is 2. The van der Waals surface area contributed by atoms with Crippen LogP contribution in [-0.2, 0) is 19.1 Å². The van der Waals surface area contributed by atoms with Gasteiger partial charge in [-0.15, -0.1) is 0 Å². The van der Waals surface area contributed by atoms with Crippen molar-refractivity contribution in [3.8, 4) is 33.6 Å². The first-order valence-corrected chi connectivity index (χ1v) is 18.8. The van der Waals surface area contributed by atoms with Crippen LogP contribution in [0.4, 0.5) is 9.59 Å². The number of ether oxygens (including phenoxy) is 2. The van der Waals surface area contributed by atoms with Crippen molar-refractivity contribution in [3.05, 3.63) is 72.6 Å². The number of amides is 4. The number of alkyl carbamates (subject to hydrolysis) is 2. The van der Waals surface area contributed by atoms with Crippen LogP contribution in [-0.4, -0.2) is 92.6 Å². The Kier molecular flexibility index (Phi) is 10.7. The highest BCUT2D eigenvalue weighted by molar-refractivity contribution is 5.87. The highest BCUT2D eigenvalue weighted by Crippen LogP contribution is 2.40. The Hall–Kier alpha value is -5.66. The van der Waals surface area contributed by atoms with Crippen molar-refractivity contribution in [1.29, 1.82) is 0 Å². The van der Waals surface area contributed by atoms with Crippen molar-refractivity contribution >= 4 is 24.0 Å². The van der Waals surface area contributed by atoms with Crippen molar-refractivity contribution in [2.45, 2.75) is 89.0 Å². The van der Waals surface area contributed by atoms with Crippen molar-refractivity contribution < 1.29 is 28.7 Å². The molecule has 3 saturated heterocycles. The average molecular weight is 737 g/mol. The van der Waals surface area contributed by atoms with Crippen LogP contribution in [0.15, 0.2) is 60.9 Å². The topological polar surface area (TPSA) is 175 Å². The molecule has 14 heteroatoms. The highest BCUT2D eigenvalue weighted by atomic mass is 16.5. The quantitative estimate of drug-likeness (QED) is 0.159. The fourth-order valence-electron chi connectivity index (χ4n) is 8.15. The first kappa shape index (κ1) is 36.7. The molecule has 0 spiro atoms. The molecule has 2 aromatic heterocycles. The predicted octanol–water partition coefficient (Wildman–Crippen LogP) is 6.12. The van der Waals surface area contributed by atoms with E-state index < -0.39 is 24.3 Å². The summed E-state index contributed by atoms with van der Waals surface area (Å²) in [7, 11) is 2.59. The van der Waals surface area contributed by atoms with Gasteiger partial charge in [0.25, 0.3) is 0 Å². The predicted molar refractivity (Wildman–Crippen MR) is 201 cm³/mol. The van der Waals surface area contributed by atoms with Gasteiger partial charge in [0.05, 0.1) is 50.1 Å². The number of aromatic amines is 2. The normalized spacial score (nSPS) is 21.8. The van der Waals surface area contributed by atoms with Crippen molar-refractivity contribution in [2.75, 3.05) is 20.8 Å². The highest BCUT2D eigenvalue weighted by Gasteiger charge is 2.44. The van der Waals surface area contributed by atoms with Gasteiger partial charge in [-0.1, -0.05) is 62.4 Å². The zero-order valence-corrected chi connectivity index (χ0v) is 31.1. The molecule has 4 amide bonds. The summed E-state index contributed by atoms with van der Waals surface area (Å²) in [5, 5.41) is 5.41. The van der Waals surface area contributed by atoms with Gasteiger partial charge >= 0.3 is 12.2 Å². The van der Waals surface area contributed by atoms with Crippen LogP contribution in [0.2, 0.25) is 0 Å². The maximum Gasteiger partial charge on any atom is 0.407 e. The van der Waals surface area contributed by atoms with Crippen LogP contribution < -0.4 is 10.6 Å². The molecule has 7 rings (SSSR count). The molecule has 14 nitrogen and oxygen atoms in total. The van der Waals surface area contributed by atoms with Crippen molar-refractivity contribution in [3.63, 3.8) is 0 Å². The Labute approximate surface area is 314 Å². The lowest BCUT2D eigenvalue weighted by atomic mass is 10.0. The molecule has 3 fully saturated rings. The second kappa shape index (κ2) is 15.7. The van der Waals surface area contributed by atoms with Crippen LogP contribution in [0, 0.1) is 5.92 Å². The summed E-state index contributed by atoms with van der Waals surface area (Å²) in [6, 6.07) is 15.0. The molecule has 284 valence electrons. The van der Waals surface area contributed by atoms with E-state index >= 15 is 0 Å². The van der Waals surface area contributed by atoms with E-state index in [2.05, 4.69) is 74.1 Å². The smallest absolute Gasteiger partial charge is 0.407 e. The summed E-state index contributed by atoms with van der Waals surface area (Å²) in [5.74, 6) is 1.16. The van der Waals surface area contributed by atoms with E-state index in [9.17, 15) is 19.2 Å². The lowest BCUT2D eigenvalue weighted by Gasteiger charge is -2.30. The van der Waals surface area contributed by atoms with E-state index in [1.807, 2.05) is 29.8 Å². The van der Waals surface area contributed by atoms with E-state index in [0.29, 0.717) is 13.0 Å². The van der Waals surface area contributed by atoms with Gasteiger partial charge in [-0.25, -0.2) is 19.6 Å². The summed E-state index contributed by atoms with van der Waals surface area (Å²) in [6.07, 6.45) is 8.12. The van der Waals surface area contributed by atoms with Crippen LogP contribution in [0.3, 0.4) is 0 Å². The number of imidazole rings is 2. The molecule has 4 N–H and O–H groups in total. The van der Waals surface area contributed by atoms with Crippen molar-refractivity contribution in [1.82, 2.24) is 40.4 Å². The standard InChI is InChI=1S/C40H48N8O6/c1-23(2)34(46-40(52)54-4)38(50)47-20-6-9-32(47)35-41-21-30(43-35)26-14-10-24(11-15-26)25-12-16-27(17-13-25)31-22-42-36(44-31)33-19-18-28-7-5-8-29(37(49)48(28)33)45-39(51)53-3/h10-17,21-23,28-29,32-34H,5-9,18-20H2,1-4H3,(H,41,43)(H,42,44)(H,45,51)(H,46,52)/t28-,29-,32+,33+,34+/m1/s1. The van der Waals surface area contributed by atoms with E-state index in [1.54, 1.807) is 6.20 Å². The van der Waals surface area contributed by atoms with Gasteiger partial charge in [0.15, 0.2) is 0 Å². The summed E-state index contributed by atoms with van der Waals surface area (Å²) < 4.78 is 9.51. The zero-order chi connectivity index (χ0) is 37.9. The number of hydrogen-bond acceptors (Lipinski definition) is 8. The number of benzene rings is 2. The summed E-state index contributed by atoms with van der Waals surface area (Å²) in [6.45, 7) is 4.40. The number of aromatic nitrogens is 4. The second-order valence-electron chi connectivity index (χ2n) is 14.7. The molecule has 0 saturated carbocycles. The van der Waals surface area contributed by atoms with Gasteiger partial charge in [-0.2, -0.15) is 0 Å². The zero-order valence-electron chi connectivity index (χ0n) is 31.1. The molecule has 4 aromatic rings. The third-order valence-electron chi connectivity index (χ3n) is 11.0. The van der Waals surface area contributed by atoms with Gasteiger partial charge in [-0.05, 0) is 73.1 Å². The third kappa shape index (κ3) is 7.42. The maximum absolute atomic E-state index is 13.6. The molecular weight excluding hydrogens is 688 g/mol. The van der Waals surface area contributed by atoms with Gasteiger partial charge in [0.1, 0.15) is 23.7 Å². The number of rotatable bonds is 9. The Morgan fingerprint density at radius 3 is 1.89 bits per heavy atom. The van der Waals surface area contributed by atoms with Gasteiger partial charge in [0, 0.05) is 12.6 Å². The Morgan fingerprint density at radius 2 is 1.31 bits per heavy atom. The molecule has 54 heavy (non-hydrogen) atoms. The molecule has 2 aromatic carbocycles. The van der Waals surface area contributed by atoms with E-state index in [0.717, 1.165) is 83.8 Å². The van der Waals surface area contributed by atoms with Crippen molar-refractivity contribution in [2.24, 2.45) is 5.92 Å². The SMILES string of the molecule is COC(=O)N[C@H](C(=O)N1CCC[C@H]1c1ncc(-c2ccc(-c3ccc(-c4cnc([C@@H]5CC[C@H]6CCC[C@@H](NC(=O)OC)C(=O)N65)[nH]4)cc3)cc2)[nH]1)C(C)C. The lowest BCUT2D eigenvalue weighted by molar-refractivity contribution is -0.136. The Balaban J connectivity index is 1.01. The van der Waals surface area contributed by atoms with Gasteiger partial charge in [-0.3, -0.25) is 9.59 Å². The minimum atomic E-state index is -0.685. The van der Waals surface area contributed by atoms with Crippen LogP contribution in [0.5, 0.6) is 0 Å². The summed E-state index contributed by atoms with van der Waals surface area (Å²) in [4.78, 5) is 71.0. The molecule has 0 unspecified atom stereocenters. The number of nitrogens with zero attached hydrogens (tertiary/aromatic N) is 4. The molecular formula is C40H48N8O6. The minimum Gasteiger partial charge on any atom is -0.453 e. The van der Waals surface area contributed by atoms with Crippen LogP contribution >= 0.6 is 0 Å². The number of hydrogen-bond donors (Lipinski definition) is 4. The van der Waals surface area contributed by atoms with Crippen LogP contribution in [0.1, 0.15) is 82.5 Å². The number of carbonyl (C=O) groups is 4. The van der Waals surface area contributed by atoms with Crippen LogP contribution in [0.25, 0.3) is 33.6 Å². The molecule has 0 radical (unpaired) electrons. The van der Waals surface area contributed by atoms with E-state index in [4.69, 9.17) is 14.5 Å². The average Bonchev–Trinajstić information content (AvgIpc) is 4.02. The van der Waals surface area contributed by atoms with Gasteiger partial charge in [0.2, 0.25) is 11.8 Å². The minimum absolute atomic E-state index is 0.0785. The molecule has 0 bridgehead atoms. The number of fused-ring (bicyclic) bond motifs is 1.